The molecule has 0 heterocycles. The molecule has 0 saturated carbocycles. The Labute approximate surface area is 88.2 Å². The van der Waals surface area contributed by atoms with E-state index in [0.29, 0.717) is 4.47 Å². The summed E-state index contributed by atoms with van der Waals surface area (Å²) in [6, 6.07) is 2.60. The first-order chi connectivity index (χ1) is 6.45. The van der Waals surface area contributed by atoms with Crippen molar-refractivity contribution in [1.82, 2.24) is 0 Å². The number of halogens is 3. The van der Waals surface area contributed by atoms with E-state index in [1.807, 2.05) is 0 Å². The molecule has 2 nitrogen and oxygen atoms in total. The van der Waals surface area contributed by atoms with E-state index in [9.17, 15) is 13.6 Å². The van der Waals surface area contributed by atoms with Crippen molar-refractivity contribution in [3.63, 3.8) is 0 Å². The zero-order valence-electron chi connectivity index (χ0n) is 7.35. The van der Waals surface area contributed by atoms with Crippen LogP contribution < -0.4 is 5.73 Å². The number of hydrogen-bond acceptors (Lipinski definition) is 2. The third-order valence-electron chi connectivity index (χ3n) is 1.82. The summed E-state index contributed by atoms with van der Waals surface area (Å²) in [6.45, 7) is 1.28. The van der Waals surface area contributed by atoms with Gasteiger partial charge in [-0.2, -0.15) is 0 Å². The zero-order valence-corrected chi connectivity index (χ0v) is 8.94. The van der Waals surface area contributed by atoms with Crippen LogP contribution in [-0.4, -0.2) is 5.78 Å². The lowest BCUT2D eigenvalue weighted by atomic mass is 10.1. The zero-order chi connectivity index (χ0) is 10.9. The SMILES string of the molecule is CC(=O)c1c(Br)ccc(C(F)F)c1N. The first-order valence-corrected chi connectivity index (χ1v) is 4.61. The van der Waals surface area contributed by atoms with Gasteiger partial charge in [-0.05, 0) is 28.9 Å². The molecule has 0 aliphatic heterocycles. The largest absolute Gasteiger partial charge is 0.398 e. The molecule has 2 N–H and O–H groups in total. The topological polar surface area (TPSA) is 43.1 Å². The van der Waals surface area contributed by atoms with Crippen LogP contribution >= 0.6 is 15.9 Å². The Morgan fingerprint density at radius 2 is 2.07 bits per heavy atom. The molecule has 0 aliphatic rings. The Morgan fingerprint density at radius 1 is 1.50 bits per heavy atom. The number of carbonyl (C=O) groups is 1. The Kier molecular flexibility index (Phi) is 3.21. The van der Waals surface area contributed by atoms with E-state index in [4.69, 9.17) is 5.73 Å². The summed E-state index contributed by atoms with van der Waals surface area (Å²) < 4.78 is 25.2. The van der Waals surface area contributed by atoms with Gasteiger partial charge in [0.25, 0.3) is 6.43 Å². The maximum Gasteiger partial charge on any atom is 0.265 e. The van der Waals surface area contributed by atoms with E-state index < -0.39 is 6.43 Å². The predicted molar refractivity (Wildman–Crippen MR) is 53.5 cm³/mol. The van der Waals surface area contributed by atoms with Crippen LogP contribution in [-0.2, 0) is 0 Å². The molecule has 0 atom stereocenters. The average molecular weight is 264 g/mol. The number of benzene rings is 1. The van der Waals surface area contributed by atoms with Crippen LogP contribution in [0.1, 0.15) is 29.3 Å². The molecule has 0 unspecified atom stereocenters. The Bertz CT molecular complexity index is 379. The van der Waals surface area contributed by atoms with Gasteiger partial charge in [0.05, 0.1) is 11.3 Å². The summed E-state index contributed by atoms with van der Waals surface area (Å²) in [5, 5.41) is 0. The molecule has 1 aromatic rings. The van der Waals surface area contributed by atoms with Gasteiger partial charge in [0, 0.05) is 10.0 Å². The lowest BCUT2D eigenvalue weighted by Gasteiger charge is -2.09. The van der Waals surface area contributed by atoms with Crippen molar-refractivity contribution < 1.29 is 13.6 Å². The van der Waals surface area contributed by atoms with E-state index >= 15 is 0 Å². The summed E-state index contributed by atoms with van der Waals surface area (Å²) >= 11 is 3.09. The third kappa shape index (κ3) is 1.92. The first kappa shape index (κ1) is 11.1. The van der Waals surface area contributed by atoms with Gasteiger partial charge in [0.15, 0.2) is 5.78 Å². The van der Waals surface area contributed by atoms with Gasteiger partial charge < -0.3 is 5.73 Å². The summed E-state index contributed by atoms with van der Waals surface area (Å²) in [5.74, 6) is -0.336. The number of hydrogen-bond donors (Lipinski definition) is 1. The summed E-state index contributed by atoms with van der Waals surface area (Å²) in [4.78, 5) is 11.1. The summed E-state index contributed by atoms with van der Waals surface area (Å²) in [6.07, 6.45) is -2.67. The Balaban J connectivity index is 3.41. The predicted octanol–water partition coefficient (Wildman–Crippen LogP) is 3.17. The number of rotatable bonds is 2. The van der Waals surface area contributed by atoms with Gasteiger partial charge in [-0.25, -0.2) is 8.78 Å². The monoisotopic (exact) mass is 263 g/mol. The fourth-order valence-electron chi connectivity index (χ4n) is 1.16. The smallest absolute Gasteiger partial charge is 0.265 e. The Hall–Kier alpha value is -0.970. The van der Waals surface area contributed by atoms with Crippen LogP contribution in [0.5, 0.6) is 0 Å². The van der Waals surface area contributed by atoms with Gasteiger partial charge in [-0.3, -0.25) is 4.79 Å². The van der Waals surface area contributed by atoms with Crippen LogP contribution in [0, 0.1) is 0 Å². The fourth-order valence-corrected chi connectivity index (χ4v) is 1.78. The molecule has 1 aromatic carbocycles. The number of Topliss-reactive ketones (excluding diaryl/α,β-unsaturated/α-hetero) is 1. The highest BCUT2D eigenvalue weighted by Crippen LogP contribution is 2.32. The normalized spacial score (nSPS) is 10.6. The first-order valence-electron chi connectivity index (χ1n) is 3.82. The van der Waals surface area contributed by atoms with Crippen molar-refractivity contribution in [3.8, 4) is 0 Å². The maximum atomic E-state index is 12.4. The molecule has 0 aliphatic carbocycles. The van der Waals surface area contributed by atoms with Crippen LogP contribution in [0.15, 0.2) is 16.6 Å². The molecule has 0 aromatic heterocycles. The van der Waals surface area contributed by atoms with E-state index in [0.717, 1.165) is 0 Å². The van der Waals surface area contributed by atoms with Crippen LogP contribution in [0.3, 0.4) is 0 Å². The van der Waals surface area contributed by atoms with Crippen molar-refractivity contribution in [3.05, 3.63) is 27.7 Å². The van der Waals surface area contributed by atoms with Gasteiger partial charge >= 0.3 is 0 Å². The van der Waals surface area contributed by atoms with Crippen molar-refractivity contribution >= 4 is 27.4 Å². The lowest BCUT2D eigenvalue weighted by Crippen LogP contribution is -2.05. The van der Waals surface area contributed by atoms with Crippen LogP contribution in [0.25, 0.3) is 0 Å². The maximum absolute atomic E-state index is 12.4. The molecular weight excluding hydrogens is 256 g/mol. The minimum atomic E-state index is -2.67. The van der Waals surface area contributed by atoms with Crippen molar-refractivity contribution in [2.75, 3.05) is 5.73 Å². The van der Waals surface area contributed by atoms with E-state index in [1.165, 1.54) is 19.1 Å². The standard InChI is InChI=1S/C9H8BrF2NO/c1-4(14)7-6(10)3-2-5(8(7)13)9(11)12/h2-3,9H,13H2,1H3. The molecule has 1 rings (SSSR count). The molecule has 14 heavy (non-hydrogen) atoms. The molecule has 76 valence electrons. The van der Waals surface area contributed by atoms with Gasteiger partial charge in [0.2, 0.25) is 0 Å². The quantitative estimate of drug-likeness (QED) is 0.658. The molecule has 0 amide bonds. The molecule has 0 radical (unpaired) electrons. The second-order valence-corrected chi connectivity index (χ2v) is 3.64. The molecule has 0 saturated heterocycles. The molecule has 0 fully saturated rings. The van der Waals surface area contributed by atoms with Crippen molar-refractivity contribution in [2.24, 2.45) is 0 Å². The summed E-state index contributed by atoms with van der Waals surface area (Å²) in [7, 11) is 0. The van der Waals surface area contributed by atoms with E-state index in [1.54, 1.807) is 0 Å². The average Bonchev–Trinajstić information content (AvgIpc) is 2.02. The minimum absolute atomic E-state index is 0.114. The number of alkyl halides is 2. The van der Waals surface area contributed by atoms with Gasteiger partial charge in [0.1, 0.15) is 0 Å². The molecule has 5 heteroatoms. The third-order valence-corrected chi connectivity index (χ3v) is 2.48. The molecule has 0 bridgehead atoms. The lowest BCUT2D eigenvalue weighted by molar-refractivity contribution is 0.101. The number of nitrogen functional groups attached to an aromatic ring is 1. The number of carbonyl (C=O) groups excluding carboxylic acids is 1. The van der Waals surface area contributed by atoms with E-state index in [2.05, 4.69) is 15.9 Å². The number of ketones is 1. The number of nitrogens with two attached hydrogens (primary N) is 1. The second kappa shape index (κ2) is 4.04. The van der Waals surface area contributed by atoms with Crippen LogP contribution in [0.2, 0.25) is 0 Å². The highest BCUT2D eigenvalue weighted by atomic mass is 79.9. The molecular formula is C9H8BrF2NO. The highest BCUT2D eigenvalue weighted by molar-refractivity contribution is 9.10. The van der Waals surface area contributed by atoms with Crippen molar-refractivity contribution in [2.45, 2.75) is 13.3 Å². The van der Waals surface area contributed by atoms with Crippen LogP contribution in [0.4, 0.5) is 14.5 Å². The fraction of sp³-hybridized carbons (Fsp3) is 0.222. The van der Waals surface area contributed by atoms with E-state index in [-0.39, 0.29) is 22.6 Å². The summed E-state index contributed by atoms with van der Waals surface area (Å²) in [5.41, 5.74) is 5.11. The number of anilines is 1. The molecule has 0 spiro atoms. The van der Waals surface area contributed by atoms with Gasteiger partial charge in [-0.1, -0.05) is 6.07 Å². The minimum Gasteiger partial charge on any atom is -0.398 e. The highest BCUT2D eigenvalue weighted by Gasteiger charge is 2.18. The van der Waals surface area contributed by atoms with Gasteiger partial charge in [-0.15, -0.1) is 0 Å². The van der Waals surface area contributed by atoms with Crippen molar-refractivity contribution in [1.29, 1.82) is 0 Å². The second-order valence-electron chi connectivity index (χ2n) is 2.78. The Morgan fingerprint density at radius 3 is 2.50 bits per heavy atom.